The van der Waals surface area contributed by atoms with Crippen LogP contribution >= 0.6 is 0 Å². The quantitative estimate of drug-likeness (QED) is 0.767. The van der Waals surface area contributed by atoms with Gasteiger partial charge in [-0.2, -0.15) is 5.10 Å². The molecule has 4 rings (SSSR count). The van der Waals surface area contributed by atoms with Crippen molar-refractivity contribution in [2.45, 2.75) is 39.0 Å². The summed E-state index contributed by atoms with van der Waals surface area (Å²) in [7, 11) is 0. The molecule has 0 spiro atoms. The van der Waals surface area contributed by atoms with E-state index in [2.05, 4.69) is 51.0 Å². The highest BCUT2D eigenvalue weighted by Gasteiger charge is 2.16. The fraction of sp³-hybridized carbons (Fsp3) is 0.421. The van der Waals surface area contributed by atoms with Gasteiger partial charge >= 0.3 is 0 Å². The Labute approximate surface area is 146 Å². The maximum absolute atomic E-state index is 12.3. The van der Waals surface area contributed by atoms with E-state index >= 15 is 0 Å². The molecule has 3 heterocycles. The Balaban J connectivity index is 1.71. The van der Waals surface area contributed by atoms with Gasteiger partial charge in [0, 0.05) is 24.3 Å². The average molecular weight is 337 g/mol. The molecule has 2 N–H and O–H groups in total. The SMILES string of the molecule is CC(C)c1[nH]nc2c(=O)[nH]c(-c3ccc(N4CCCCC4)cc3)nc12. The molecule has 0 saturated carbocycles. The Hall–Kier alpha value is -2.63. The van der Waals surface area contributed by atoms with Crippen molar-refractivity contribution in [1.29, 1.82) is 0 Å². The zero-order valence-corrected chi connectivity index (χ0v) is 14.7. The number of H-pyrrole nitrogens is 2. The molecule has 0 bridgehead atoms. The summed E-state index contributed by atoms with van der Waals surface area (Å²) in [5.41, 5.74) is 3.87. The first kappa shape index (κ1) is 15.9. The molecule has 130 valence electrons. The highest BCUT2D eigenvalue weighted by Crippen LogP contribution is 2.25. The van der Waals surface area contributed by atoms with E-state index < -0.39 is 0 Å². The molecule has 1 aliphatic rings. The number of rotatable bonds is 3. The summed E-state index contributed by atoms with van der Waals surface area (Å²) >= 11 is 0. The van der Waals surface area contributed by atoms with Gasteiger partial charge in [0.1, 0.15) is 11.3 Å². The number of fused-ring (bicyclic) bond motifs is 1. The summed E-state index contributed by atoms with van der Waals surface area (Å²) in [6.45, 7) is 6.35. The first-order chi connectivity index (χ1) is 12.1. The van der Waals surface area contributed by atoms with Crippen molar-refractivity contribution < 1.29 is 0 Å². The molecule has 6 nitrogen and oxygen atoms in total. The minimum Gasteiger partial charge on any atom is -0.372 e. The lowest BCUT2D eigenvalue weighted by Crippen LogP contribution is -2.29. The van der Waals surface area contributed by atoms with E-state index in [9.17, 15) is 4.79 Å². The molecule has 6 heteroatoms. The normalized spacial score (nSPS) is 15.2. The summed E-state index contributed by atoms with van der Waals surface area (Å²) in [6.07, 6.45) is 3.83. The Morgan fingerprint density at radius 1 is 1.04 bits per heavy atom. The molecule has 0 amide bonds. The summed E-state index contributed by atoms with van der Waals surface area (Å²) < 4.78 is 0. The van der Waals surface area contributed by atoms with Crippen molar-refractivity contribution >= 4 is 16.7 Å². The molecule has 2 aromatic heterocycles. The number of benzene rings is 1. The van der Waals surface area contributed by atoms with Crippen LogP contribution in [0.15, 0.2) is 29.1 Å². The summed E-state index contributed by atoms with van der Waals surface area (Å²) in [6, 6.07) is 8.29. The number of aromatic amines is 2. The third-order valence-electron chi connectivity index (χ3n) is 4.88. The van der Waals surface area contributed by atoms with Crippen LogP contribution in [-0.4, -0.2) is 33.3 Å². The summed E-state index contributed by atoms with van der Waals surface area (Å²) in [5.74, 6) is 0.819. The van der Waals surface area contributed by atoms with Crippen molar-refractivity contribution in [3.8, 4) is 11.4 Å². The number of hydrogen-bond donors (Lipinski definition) is 2. The largest absolute Gasteiger partial charge is 0.372 e. The second kappa shape index (κ2) is 6.35. The van der Waals surface area contributed by atoms with Crippen LogP contribution in [0.5, 0.6) is 0 Å². The van der Waals surface area contributed by atoms with E-state index in [4.69, 9.17) is 0 Å². The van der Waals surface area contributed by atoms with E-state index in [1.807, 2.05) is 12.1 Å². The zero-order valence-electron chi connectivity index (χ0n) is 14.7. The second-order valence-corrected chi connectivity index (χ2v) is 7.00. The van der Waals surface area contributed by atoms with Gasteiger partial charge in [-0.25, -0.2) is 4.98 Å². The van der Waals surface area contributed by atoms with Gasteiger partial charge in [-0.3, -0.25) is 9.89 Å². The molecule has 0 unspecified atom stereocenters. The Bertz CT molecular complexity index is 933. The molecule has 1 aromatic carbocycles. The highest BCUT2D eigenvalue weighted by atomic mass is 16.1. The lowest BCUT2D eigenvalue weighted by atomic mass is 10.1. The molecule has 0 atom stereocenters. The van der Waals surface area contributed by atoms with Crippen LogP contribution in [0.25, 0.3) is 22.4 Å². The maximum Gasteiger partial charge on any atom is 0.279 e. The molecule has 1 saturated heterocycles. The fourth-order valence-corrected chi connectivity index (χ4v) is 3.45. The Morgan fingerprint density at radius 3 is 2.44 bits per heavy atom. The monoisotopic (exact) mass is 337 g/mol. The predicted molar refractivity (Wildman–Crippen MR) is 100 cm³/mol. The third-order valence-corrected chi connectivity index (χ3v) is 4.88. The molecule has 0 aliphatic carbocycles. The van der Waals surface area contributed by atoms with Gasteiger partial charge < -0.3 is 9.88 Å². The number of nitrogens with one attached hydrogen (secondary N) is 2. The van der Waals surface area contributed by atoms with Gasteiger partial charge in [0.25, 0.3) is 5.56 Å². The van der Waals surface area contributed by atoms with Gasteiger partial charge in [-0.1, -0.05) is 13.8 Å². The number of hydrogen-bond acceptors (Lipinski definition) is 4. The lowest BCUT2D eigenvalue weighted by Gasteiger charge is -2.28. The van der Waals surface area contributed by atoms with Crippen LogP contribution < -0.4 is 10.5 Å². The maximum atomic E-state index is 12.3. The standard InChI is InChI=1S/C19H23N5O/c1-12(2)15-16-17(23-22-15)19(25)21-18(20-16)13-6-8-14(9-7-13)24-10-4-3-5-11-24/h6-9,12H,3-5,10-11H2,1-2H3,(H,22,23)(H,20,21,25). The topological polar surface area (TPSA) is 77.7 Å². The van der Waals surface area contributed by atoms with E-state index in [0.29, 0.717) is 16.9 Å². The number of piperidine rings is 1. The Morgan fingerprint density at radius 2 is 1.76 bits per heavy atom. The first-order valence-electron chi connectivity index (χ1n) is 8.97. The highest BCUT2D eigenvalue weighted by molar-refractivity contribution is 5.78. The average Bonchev–Trinajstić information content (AvgIpc) is 3.07. The van der Waals surface area contributed by atoms with E-state index in [-0.39, 0.29) is 11.5 Å². The summed E-state index contributed by atoms with van der Waals surface area (Å²) in [5, 5.41) is 7.06. The van der Waals surface area contributed by atoms with Crippen molar-refractivity contribution in [3.05, 3.63) is 40.3 Å². The van der Waals surface area contributed by atoms with Gasteiger partial charge in [-0.05, 0) is 49.4 Å². The van der Waals surface area contributed by atoms with E-state index in [1.54, 1.807) is 0 Å². The van der Waals surface area contributed by atoms with Gasteiger partial charge in [-0.15, -0.1) is 0 Å². The number of aromatic nitrogens is 4. The van der Waals surface area contributed by atoms with Crippen LogP contribution in [-0.2, 0) is 0 Å². The third kappa shape index (κ3) is 2.92. The van der Waals surface area contributed by atoms with Crippen LogP contribution in [0.1, 0.15) is 44.7 Å². The first-order valence-corrected chi connectivity index (χ1v) is 8.97. The molecular formula is C19H23N5O. The van der Waals surface area contributed by atoms with Gasteiger partial charge in [0.15, 0.2) is 5.52 Å². The predicted octanol–water partition coefficient (Wildman–Crippen LogP) is 3.43. The second-order valence-electron chi connectivity index (χ2n) is 7.00. The zero-order chi connectivity index (χ0) is 17.4. The minimum absolute atomic E-state index is 0.205. The molecular weight excluding hydrogens is 314 g/mol. The molecule has 1 fully saturated rings. The van der Waals surface area contributed by atoms with Crippen molar-refractivity contribution in [2.24, 2.45) is 0 Å². The van der Waals surface area contributed by atoms with Crippen LogP contribution in [0.2, 0.25) is 0 Å². The number of anilines is 1. The van der Waals surface area contributed by atoms with Crippen molar-refractivity contribution in [2.75, 3.05) is 18.0 Å². The lowest BCUT2D eigenvalue weighted by molar-refractivity contribution is 0.578. The molecule has 25 heavy (non-hydrogen) atoms. The summed E-state index contributed by atoms with van der Waals surface area (Å²) in [4.78, 5) is 22.3. The Kier molecular flexibility index (Phi) is 4.03. The fourth-order valence-electron chi connectivity index (χ4n) is 3.45. The van der Waals surface area contributed by atoms with Crippen LogP contribution in [0, 0.1) is 0 Å². The number of nitrogens with zero attached hydrogens (tertiary/aromatic N) is 3. The molecule has 0 radical (unpaired) electrons. The smallest absolute Gasteiger partial charge is 0.279 e. The van der Waals surface area contributed by atoms with Crippen molar-refractivity contribution in [3.63, 3.8) is 0 Å². The van der Waals surface area contributed by atoms with Crippen LogP contribution in [0.3, 0.4) is 0 Å². The minimum atomic E-state index is -0.205. The van der Waals surface area contributed by atoms with E-state index in [1.165, 1.54) is 24.9 Å². The van der Waals surface area contributed by atoms with E-state index in [0.717, 1.165) is 24.3 Å². The molecule has 1 aliphatic heterocycles. The van der Waals surface area contributed by atoms with Crippen LogP contribution in [0.4, 0.5) is 5.69 Å². The van der Waals surface area contributed by atoms with Gasteiger partial charge in [0.2, 0.25) is 0 Å². The van der Waals surface area contributed by atoms with Crippen molar-refractivity contribution in [1.82, 2.24) is 20.2 Å². The molecule has 3 aromatic rings. The van der Waals surface area contributed by atoms with Gasteiger partial charge in [0.05, 0.1) is 5.69 Å².